The molecule has 2 rings (SSSR count). The normalized spacial score (nSPS) is 10.9. The van der Waals surface area contributed by atoms with Crippen LogP contribution in [0.4, 0.5) is 10.5 Å². The van der Waals surface area contributed by atoms with E-state index in [0.717, 1.165) is 29.6 Å². The van der Waals surface area contributed by atoms with Crippen LogP contribution in [0.3, 0.4) is 0 Å². The van der Waals surface area contributed by atoms with Crippen molar-refractivity contribution in [2.24, 2.45) is 0 Å². The summed E-state index contributed by atoms with van der Waals surface area (Å²) in [5.41, 5.74) is 1.91. The van der Waals surface area contributed by atoms with E-state index in [9.17, 15) is 4.79 Å². The molecule has 0 saturated carbocycles. The first kappa shape index (κ1) is 17.3. The molecule has 2 N–H and O–H groups in total. The fraction of sp³-hybridized carbons (Fsp3) is 0.471. The molecule has 6 nitrogen and oxygen atoms in total. The smallest absolute Gasteiger partial charge is 0.321 e. The highest BCUT2D eigenvalue weighted by atomic mass is 16.5. The Hall–Kier alpha value is -2.05. The first-order valence-electron chi connectivity index (χ1n) is 7.94. The van der Waals surface area contributed by atoms with Crippen LogP contribution in [-0.4, -0.2) is 54.0 Å². The number of carbonyl (C=O) groups excluding carboxylic acids is 1. The second-order valence-corrected chi connectivity index (χ2v) is 5.42. The first-order valence-corrected chi connectivity index (χ1v) is 7.94. The zero-order valence-corrected chi connectivity index (χ0v) is 13.8. The number of aryl methyl sites for hydroxylation is 1. The second-order valence-electron chi connectivity index (χ2n) is 5.42. The van der Waals surface area contributed by atoms with Gasteiger partial charge in [-0.1, -0.05) is 6.92 Å². The summed E-state index contributed by atoms with van der Waals surface area (Å²) in [4.78, 5) is 13.8. The third kappa shape index (κ3) is 4.46. The largest absolute Gasteiger partial charge is 0.395 e. The molecule has 23 heavy (non-hydrogen) atoms. The lowest BCUT2D eigenvalue weighted by atomic mass is 10.2. The summed E-state index contributed by atoms with van der Waals surface area (Å²) in [6.07, 6.45) is 3.15. The zero-order valence-electron chi connectivity index (χ0n) is 13.8. The van der Waals surface area contributed by atoms with Crippen LogP contribution in [-0.2, 0) is 11.3 Å². The van der Waals surface area contributed by atoms with Crippen molar-refractivity contribution in [1.82, 2.24) is 9.47 Å². The number of urea groups is 1. The lowest BCUT2D eigenvalue weighted by Gasteiger charge is -2.21. The molecular weight excluding hydrogens is 294 g/mol. The SMILES string of the molecule is CCCn1ccc2cc(NC(=O)N(CCO)CCOC)ccc21. The number of amides is 2. The molecule has 0 spiro atoms. The Bertz CT molecular complexity index is 639. The zero-order chi connectivity index (χ0) is 16.7. The first-order chi connectivity index (χ1) is 11.2. The van der Waals surface area contributed by atoms with E-state index >= 15 is 0 Å². The maximum atomic E-state index is 12.3. The number of benzene rings is 1. The molecule has 0 atom stereocenters. The minimum absolute atomic E-state index is 0.0734. The molecule has 0 aliphatic heterocycles. The van der Waals surface area contributed by atoms with Crippen LogP contribution in [0.25, 0.3) is 10.9 Å². The Morgan fingerprint density at radius 3 is 2.87 bits per heavy atom. The van der Waals surface area contributed by atoms with Gasteiger partial charge < -0.3 is 24.6 Å². The van der Waals surface area contributed by atoms with Crippen molar-refractivity contribution in [3.8, 4) is 0 Å². The number of aliphatic hydroxyl groups is 1. The Morgan fingerprint density at radius 2 is 2.17 bits per heavy atom. The van der Waals surface area contributed by atoms with Gasteiger partial charge in [-0.15, -0.1) is 0 Å². The maximum Gasteiger partial charge on any atom is 0.321 e. The summed E-state index contributed by atoms with van der Waals surface area (Å²) in [5, 5.41) is 13.1. The number of ether oxygens (including phenoxy) is 1. The Kier molecular flexibility index (Phi) is 6.43. The molecule has 0 radical (unpaired) electrons. The van der Waals surface area contributed by atoms with Gasteiger partial charge in [0.25, 0.3) is 0 Å². The van der Waals surface area contributed by atoms with Crippen LogP contribution >= 0.6 is 0 Å². The molecule has 0 bridgehead atoms. The molecule has 2 amide bonds. The quantitative estimate of drug-likeness (QED) is 0.786. The fourth-order valence-corrected chi connectivity index (χ4v) is 2.55. The summed E-state index contributed by atoms with van der Waals surface area (Å²) in [6.45, 7) is 4.22. The van der Waals surface area contributed by atoms with E-state index in [0.29, 0.717) is 13.2 Å². The van der Waals surface area contributed by atoms with Gasteiger partial charge in [0.15, 0.2) is 0 Å². The van der Waals surface area contributed by atoms with Gasteiger partial charge in [0, 0.05) is 49.5 Å². The molecule has 126 valence electrons. The molecule has 0 unspecified atom stereocenters. The van der Waals surface area contributed by atoms with Crippen LogP contribution in [0.1, 0.15) is 13.3 Å². The van der Waals surface area contributed by atoms with Crippen molar-refractivity contribution in [2.45, 2.75) is 19.9 Å². The van der Waals surface area contributed by atoms with Gasteiger partial charge in [-0.25, -0.2) is 4.79 Å². The molecular formula is C17H25N3O3. The number of nitrogens with zero attached hydrogens (tertiary/aromatic N) is 2. The van der Waals surface area contributed by atoms with Gasteiger partial charge in [0.05, 0.1) is 13.2 Å². The summed E-state index contributed by atoms with van der Waals surface area (Å²) in [5.74, 6) is 0. The summed E-state index contributed by atoms with van der Waals surface area (Å²) >= 11 is 0. The molecule has 0 fully saturated rings. The highest BCUT2D eigenvalue weighted by Gasteiger charge is 2.13. The third-order valence-corrected chi connectivity index (χ3v) is 3.71. The maximum absolute atomic E-state index is 12.3. The molecule has 1 aromatic carbocycles. The van der Waals surface area contributed by atoms with Gasteiger partial charge >= 0.3 is 6.03 Å². The highest BCUT2D eigenvalue weighted by Crippen LogP contribution is 2.21. The van der Waals surface area contributed by atoms with Crippen LogP contribution in [0.5, 0.6) is 0 Å². The summed E-state index contributed by atoms with van der Waals surface area (Å²) < 4.78 is 7.20. The van der Waals surface area contributed by atoms with Crippen LogP contribution in [0.15, 0.2) is 30.5 Å². The van der Waals surface area contributed by atoms with Gasteiger partial charge in [0.2, 0.25) is 0 Å². The second kappa shape index (κ2) is 8.55. The van der Waals surface area contributed by atoms with Gasteiger partial charge in [0.1, 0.15) is 0 Å². The highest BCUT2D eigenvalue weighted by molar-refractivity contribution is 5.93. The lowest BCUT2D eigenvalue weighted by molar-refractivity contribution is 0.142. The van der Waals surface area contributed by atoms with Crippen LogP contribution in [0.2, 0.25) is 0 Å². The Labute approximate surface area is 136 Å². The minimum Gasteiger partial charge on any atom is -0.395 e. The van der Waals surface area contributed by atoms with E-state index < -0.39 is 0 Å². The molecule has 6 heteroatoms. The van der Waals surface area contributed by atoms with E-state index in [1.165, 1.54) is 4.90 Å². The van der Waals surface area contributed by atoms with Crippen LogP contribution < -0.4 is 5.32 Å². The van der Waals surface area contributed by atoms with Gasteiger partial charge in [-0.3, -0.25) is 0 Å². The number of nitrogens with one attached hydrogen (secondary N) is 1. The predicted molar refractivity (Wildman–Crippen MR) is 91.8 cm³/mol. The number of hydrogen-bond donors (Lipinski definition) is 2. The van der Waals surface area contributed by atoms with E-state index in [4.69, 9.17) is 9.84 Å². The van der Waals surface area contributed by atoms with Gasteiger partial charge in [-0.2, -0.15) is 0 Å². The van der Waals surface area contributed by atoms with E-state index in [-0.39, 0.29) is 19.2 Å². The summed E-state index contributed by atoms with van der Waals surface area (Å²) in [7, 11) is 1.59. The monoisotopic (exact) mass is 319 g/mol. The van der Waals surface area contributed by atoms with Crippen molar-refractivity contribution in [3.05, 3.63) is 30.5 Å². The number of aromatic nitrogens is 1. The number of hydrogen-bond acceptors (Lipinski definition) is 3. The standard InChI is InChI=1S/C17H25N3O3/c1-3-7-19-8-6-14-13-15(4-5-16(14)19)18-17(22)20(9-11-21)10-12-23-2/h4-6,8,13,21H,3,7,9-12H2,1-2H3,(H,18,22). The number of aliphatic hydroxyl groups excluding tert-OH is 1. The van der Waals surface area contributed by atoms with Crippen molar-refractivity contribution in [1.29, 1.82) is 0 Å². The van der Waals surface area contributed by atoms with Gasteiger partial charge in [-0.05, 0) is 30.7 Å². The molecule has 0 aliphatic carbocycles. The molecule has 1 heterocycles. The predicted octanol–water partition coefficient (Wildman–Crippen LogP) is 2.52. The number of methoxy groups -OCH3 is 1. The molecule has 0 aliphatic rings. The number of anilines is 1. The summed E-state index contributed by atoms with van der Waals surface area (Å²) in [6, 6.07) is 7.71. The van der Waals surface area contributed by atoms with E-state index in [1.807, 2.05) is 18.2 Å². The number of fused-ring (bicyclic) bond motifs is 1. The third-order valence-electron chi connectivity index (χ3n) is 3.71. The van der Waals surface area contributed by atoms with Crippen molar-refractivity contribution >= 4 is 22.6 Å². The number of carbonyl (C=O) groups is 1. The van der Waals surface area contributed by atoms with Crippen molar-refractivity contribution in [3.63, 3.8) is 0 Å². The van der Waals surface area contributed by atoms with Crippen molar-refractivity contribution in [2.75, 3.05) is 38.7 Å². The Morgan fingerprint density at radius 1 is 1.35 bits per heavy atom. The number of rotatable bonds is 8. The van der Waals surface area contributed by atoms with E-state index in [1.54, 1.807) is 7.11 Å². The fourth-order valence-electron chi connectivity index (χ4n) is 2.55. The minimum atomic E-state index is -0.233. The molecule has 0 saturated heterocycles. The Balaban J connectivity index is 2.09. The average molecular weight is 319 g/mol. The topological polar surface area (TPSA) is 66.7 Å². The molecule has 1 aromatic heterocycles. The molecule has 2 aromatic rings. The van der Waals surface area contributed by atoms with Crippen LogP contribution in [0, 0.1) is 0 Å². The average Bonchev–Trinajstić information content (AvgIpc) is 2.94. The van der Waals surface area contributed by atoms with E-state index in [2.05, 4.69) is 29.1 Å². The van der Waals surface area contributed by atoms with Crippen molar-refractivity contribution < 1.29 is 14.6 Å². The lowest BCUT2D eigenvalue weighted by Crippen LogP contribution is -2.39.